The van der Waals surface area contributed by atoms with Crippen LogP contribution in [0.3, 0.4) is 0 Å². The van der Waals surface area contributed by atoms with Crippen molar-refractivity contribution in [2.45, 2.75) is 38.3 Å². The molecular formula is C11H22N2O3. The predicted molar refractivity (Wildman–Crippen MR) is 60.7 cm³/mol. The van der Waals surface area contributed by atoms with Crippen LogP contribution in [-0.4, -0.2) is 37.4 Å². The first-order chi connectivity index (χ1) is 7.47. The van der Waals surface area contributed by atoms with Crippen LogP contribution < -0.4 is 11.5 Å². The lowest BCUT2D eigenvalue weighted by molar-refractivity contribution is -0.126. The van der Waals surface area contributed by atoms with Crippen LogP contribution in [0.2, 0.25) is 0 Å². The van der Waals surface area contributed by atoms with Crippen LogP contribution in [0, 0.1) is 5.92 Å². The molecule has 0 bridgehead atoms. The Balaban J connectivity index is 2.21. The van der Waals surface area contributed by atoms with Gasteiger partial charge in [-0.05, 0) is 32.6 Å². The lowest BCUT2D eigenvalue weighted by Gasteiger charge is -2.25. The molecule has 1 rings (SSSR count). The van der Waals surface area contributed by atoms with Crippen LogP contribution in [0.25, 0.3) is 0 Å². The molecule has 1 aliphatic rings. The Morgan fingerprint density at radius 1 is 1.44 bits per heavy atom. The molecule has 1 aliphatic carbocycles. The van der Waals surface area contributed by atoms with Crippen LogP contribution >= 0.6 is 0 Å². The summed E-state index contributed by atoms with van der Waals surface area (Å²) in [5.74, 6) is -0.282. The van der Waals surface area contributed by atoms with E-state index in [1.54, 1.807) is 0 Å². The number of rotatable bonds is 8. The Kier molecular flexibility index (Phi) is 4.70. The topological polar surface area (TPSA) is 87.6 Å². The average Bonchev–Trinajstić information content (AvgIpc) is 2.99. The van der Waals surface area contributed by atoms with Crippen molar-refractivity contribution >= 4 is 5.91 Å². The van der Waals surface area contributed by atoms with Gasteiger partial charge in [0.25, 0.3) is 0 Å². The normalized spacial score (nSPS) is 19.8. The van der Waals surface area contributed by atoms with E-state index in [4.69, 9.17) is 20.9 Å². The number of primary amides is 1. The van der Waals surface area contributed by atoms with Crippen LogP contribution in [0.4, 0.5) is 0 Å². The van der Waals surface area contributed by atoms with E-state index in [1.165, 1.54) is 0 Å². The first kappa shape index (κ1) is 13.4. The van der Waals surface area contributed by atoms with Gasteiger partial charge in [-0.2, -0.15) is 0 Å². The maximum atomic E-state index is 11.3. The van der Waals surface area contributed by atoms with Gasteiger partial charge in [-0.25, -0.2) is 0 Å². The third-order valence-corrected chi connectivity index (χ3v) is 2.78. The van der Waals surface area contributed by atoms with E-state index in [-0.39, 0.29) is 18.6 Å². The van der Waals surface area contributed by atoms with Crippen molar-refractivity contribution in [3.05, 3.63) is 0 Å². The fourth-order valence-corrected chi connectivity index (χ4v) is 1.57. The molecule has 1 fully saturated rings. The van der Waals surface area contributed by atoms with Crippen LogP contribution in [0.1, 0.15) is 26.7 Å². The second-order valence-electron chi connectivity index (χ2n) is 4.65. The van der Waals surface area contributed by atoms with Crippen molar-refractivity contribution in [3.63, 3.8) is 0 Å². The second-order valence-corrected chi connectivity index (χ2v) is 4.65. The molecule has 16 heavy (non-hydrogen) atoms. The molecule has 0 heterocycles. The molecule has 0 aromatic heterocycles. The summed E-state index contributed by atoms with van der Waals surface area (Å²) in [6, 6.07) is 0. The van der Waals surface area contributed by atoms with Crippen molar-refractivity contribution in [1.82, 2.24) is 0 Å². The summed E-state index contributed by atoms with van der Waals surface area (Å²) >= 11 is 0. The number of amides is 1. The minimum Gasteiger partial charge on any atom is -0.377 e. The minimum atomic E-state index is -0.988. The molecule has 0 aromatic carbocycles. The summed E-state index contributed by atoms with van der Waals surface area (Å²) in [5.41, 5.74) is 10.3. The molecule has 5 nitrogen and oxygen atoms in total. The van der Waals surface area contributed by atoms with Gasteiger partial charge in [0.15, 0.2) is 0 Å². The Morgan fingerprint density at radius 3 is 2.50 bits per heavy atom. The highest BCUT2D eigenvalue weighted by molar-refractivity contribution is 5.85. The summed E-state index contributed by atoms with van der Waals surface area (Å²) in [6.45, 7) is 5.06. The molecule has 0 radical (unpaired) electrons. The molecule has 1 unspecified atom stereocenters. The Hall–Kier alpha value is -0.650. The van der Waals surface area contributed by atoms with Crippen molar-refractivity contribution in [2.75, 3.05) is 19.8 Å². The van der Waals surface area contributed by atoms with Gasteiger partial charge in [-0.3, -0.25) is 4.79 Å². The SMILES string of the molecule is CC(C)OCCOCC(N)(C(N)=O)C1CC1. The molecule has 4 N–H and O–H groups in total. The van der Waals surface area contributed by atoms with Crippen LogP contribution in [0.15, 0.2) is 0 Å². The van der Waals surface area contributed by atoms with Gasteiger partial charge in [0.05, 0.1) is 25.9 Å². The van der Waals surface area contributed by atoms with Crippen molar-refractivity contribution in [1.29, 1.82) is 0 Å². The molecule has 5 heteroatoms. The highest BCUT2D eigenvalue weighted by Gasteiger charge is 2.47. The van der Waals surface area contributed by atoms with Crippen LogP contribution in [-0.2, 0) is 14.3 Å². The fourth-order valence-electron chi connectivity index (χ4n) is 1.57. The minimum absolute atomic E-state index is 0.186. The quantitative estimate of drug-likeness (QED) is 0.575. The molecule has 1 amide bonds. The van der Waals surface area contributed by atoms with Gasteiger partial charge in [0.2, 0.25) is 5.91 Å². The summed E-state index contributed by atoms with van der Waals surface area (Å²) in [5, 5.41) is 0. The molecule has 0 spiro atoms. The van der Waals surface area contributed by atoms with Crippen molar-refractivity contribution < 1.29 is 14.3 Å². The van der Waals surface area contributed by atoms with E-state index in [2.05, 4.69) is 0 Å². The van der Waals surface area contributed by atoms with Gasteiger partial charge < -0.3 is 20.9 Å². The Bertz CT molecular complexity index is 241. The van der Waals surface area contributed by atoms with Gasteiger partial charge in [-0.15, -0.1) is 0 Å². The molecule has 0 saturated heterocycles. The molecule has 1 saturated carbocycles. The zero-order chi connectivity index (χ0) is 12.2. The Labute approximate surface area is 96.5 Å². The van der Waals surface area contributed by atoms with E-state index in [0.717, 1.165) is 12.8 Å². The second kappa shape index (κ2) is 5.61. The lowest BCUT2D eigenvalue weighted by atomic mass is 9.95. The monoisotopic (exact) mass is 230 g/mol. The van der Waals surface area contributed by atoms with E-state index in [9.17, 15) is 4.79 Å². The highest BCUT2D eigenvalue weighted by Crippen LogP contribution is 2.38. The standard InChI is InChI=1S/C11H22N2O3/c1-8(2)16-6-5-15-7-11(13,10(12)14)9-3-4-9/h8-9H,3-7,13H2,1-2H3,(H2,12,14). The van der Waals surface area contributed by atoms with Gasteiger partial charge in [-0.1, -0.05) is 0 Å². The van der Waals surface area contributed by atoms with Gasteiger partial charge in [0, 0.05) is 0 Å². The number of hydrogen-bond donors (Lipinski definition) is 2. The smallest absolute Gasteiger partial charge is 0.240 e. The summed E-state index contributed by atoms with van der Waals surface area (Å²) < 4.78 is 10.7. The summed E-state index contributed by atoms with van der Waals surface area (Å²) in [6.07, 6.45) is 2.11. The largest absolute Gasteiger partial charge is 0.377 e. The van der Waals surface area contributed by atoms with Crippen molar-refractivity contribution in [2.24, 2.45) is 17.4 Å². The van der Waals surface area contributed by atoms with E-state index < -0.39 is 11.4 Å². The highest BCUT2D eigenvalue weighted by atomic mass is 16.5. The molecule has 1 atom stereocenters. The lowest BCUT2D eigenvalue weighted by Crippen LogP contribution is -2.57. The number of carbonyl (C=O) groups is 1. The van der Waals surface area contributed by atoms with E-state index in [0.29, 0.717) is 13.2 Å². The number of ether oxygens (including phenoxy) is 2. The van der Waals surface area contributed by atoms with Gasteiger partial charge >= 0.3 is 0 Å². The molecule has 0 aliphatic heterocycles. The average molecular weight is 230 g/mol. The number of nitrogens with two attached hydrogens (primary N) is 2. The summed E-state index contributed by atoms with van der Waals surface area (Å²) in [4.78, 5) is 11.3. The molecular weight excluding hydrogens is 208 g/mol. The number of carbonyl (C=O) groups excluding carboxylic acids is 1. The molecule has 0 aromatic rings. The third-order valence-electron chi connectivity index (χ3n) is 2.78. The Morgan fingerprint density at radius 2 is 2.06 bits per heavy atom. The zero-order valence-corrected chi connectivity index (χ0v) is 10.1. The van der Waals surface area contributed by atoms with Gasteiger partial charge in [0.1, 0.15) is 5.54 Å². The fraction of sp³-hybridized carbons (Fsp3) is 0.909. The third kappa shape index (κ3) is 3.73. The molecule has 94 valence electrons. The van der Waals surface area contributed by atoms with E-state index in [1.807, 2.05) is 13.8 Å². The predicted octanol–water partition coefficient (Wildman–Crippen LogP) is 0.0208. The van der Waals surface area contributed by atoms with E-state index >= 15 is 0 Å². The maximum Gasteiger partial charge on any atom is 0.240 e. The van der Waals surface area contributed by atoms with Crippen molar-refractivity contribution in [3.8, 4) is 0 Å². The first-order valence-corrected chi connectivity index (χ1v) is 5.75. The summed E-state index contributed by atoms with van der Waals surface area (Å²) in [7, 11) is 0. The maximum absolute atomic E-state index is 11.3. The zero-order valence-electron chi connectivity index (χ0n) is 10.1. The number of hydrogen-bond acceptors (Lipinski definition) is 4. The first-order valence-electron chi connectivity index (χ1n) is 5.75. The van der Waals surface area contributed by atoms with Crippen LogP contribution in [0.5, 0.6) is 0 Å².